The lowest BCUT2D eigenvalue weighted by Gasteiger charge is -2.05. The van der Waals surface area contributed by atoms with Crippen molar-refractivity contribution in [2.45, 2.75) is 11.6 Å². The van der Waals surface area contributed by atoms with E-state index < -0.39 is 0 Å². The summed E-state index contributed by atoms with van der Waals surface area (Å²) >= 11 is 7.41. The first-order chi connectivity index (χ1) is 9.15. The van der Waals surface area contributed by atoms with Gasteiger partial charge in [-0.3, -0.25) is 4.79 Å². The SMILES string of the molecule is Cn1ccnc1SCCC(=O)Nc1cccc(Cl)c1. The molecule has 0 spiro atoms. The van der Waals surface area contributed by atoms with Crippen LogP contribution < -0.4 is 5.32 Å². The van der Waals surface area contributed by atoms with Crippen molar-refractivity contribution < 1.29 is 4.79 Å². The number of rotatable bonds is 5. The van der Waals surface area contributed by atoms with E-state index in [-0.39, 0.29) is 5.91 Å². The van der Waals surface area contributed by atoms with Gasteiger partial charge in [-0.2, -0.15) is 0 Å². The van der Waals surface area contributed by atoms with E-state index in [1.54, 1.807) is 36.2 Å². The van der Waals surface area contributed by atoms with Gasteiger partial charge >= 0.3 is 0 Å². The molecule has 0 aliphatic rings. The second-order valence-corrected chi connectivity index (χ2v) is 5.48. The average molecular weight is 296 g/mol. The van der Waals surface area contributed by atoms with Crippen molar-refractivity contribution in [1.29, 1.82) is 0 Å². The first-order valence-electron chi connectivity index (χ1n) is 5.80. The molecule has 0 saturated heterocycles. The van der Waals surface area contributed by atoms with Crippen LogP contribution in [0.2, 0.25) is 5.02 Å². The van der Waals surface area contributed by atoms with Gasteiger partial charge in [-0.15, -0.1) is 0 Å². The molecule has 4 nitrogen and oxygen atoms in total. The van der Waals surface area contributed by atoms with Crippen LogP contribution in [0.5, 0.6) is 0 Å². The van der Waals surface area contributed by atoms with E-state index in [1.807, 2.05) is 23.9 Å². The number of carbonyl (C=O) groups is 1. The molecule has 1 heterocycles. The number of anilines is 1. The van der Waals surface area contributed by atoms with Crippen LogP contribution in [0.15, 0.2) is 41.8 Å². The van der Waals surface area contributed by atoms with Crippen LogP contribution in [0.1, 0.15) is 6.42 Å². The molecule has 2 rings (SSSR count). The maximum absolute atomic E-state index is 11.7. The smallest absolute Gasteiger partial charge is 0.225 e. The van der Waals surface area contributed by atoms with Crippen molar-refractivity contribution >= 4 is 35.0 Å². The molecule has 1 N–H and O–H groups in total. The monoisotopic (exact) mass is 295 g/mol. The molecule has 1 amide bonds. The number of amides is 1. The second-order valence-electron chi connectivity index (χ2n) is 3.98. The summed E-state index contributed by atoms with van der Waals surface area (Å²) in [6.45, 7) is 0. The summed E-state index contributed by atoms with van der Waals surface area (Å²) in [4.78, 5) is 15.9. The van der Waals surface area contributed by atoms with Gasteiger partial charge < -0.3 is 9.88 Å². The Morgan fingerprint density at radius 3 is 3.05 bits per heavy atom. The van der Waals surface area contributed by atoms with Crippen LogP contribution in [0, 0.1) is 0 Å². The number of carbonyl (C=O) groups excluding carboxylic acids is 1. The van der Waals surface area contributed by atoms with Gasteiger partial charge in [0.1, 0.15) is 0 Å². The number of aromatic nitrogens is 2. The molecule has 100 valence electrons. The van der Waals surface area contributed by atoms with E-state index in [0.29, 0.717) is 17.2 Å². The molecule has 1 aromatic carbocycles. The number of benzene rings is 1. The quantitative estimate of drug-likeness (QED) is 0.862. The Labute approximate surface area is 121 Å². The predicted molar refractivity (Wildman–Crippen MR) is 78.6 cm³/mol. The minimum Gasteiger partial charge on any atom is -0.329 e. The van der Waals surface area contributed by atoms with Crippen LogP contribution in [0.3, 0.4) is 0 Å². The summed E-state index contributed by atoms with van der Waals surface area (Å²) in [6.07, 6.45) is 4.06. The number of halogens is 1. The maximum Gasteiger partial charge on any atom is 0.225 e. The lowest BCUT2D eigenvalue weighted by atomic mass is 10.3. The Kier molecular flexibility index (Phi) is 4.87. The van der Waals surface area contributed by atoms with E-state index in [0.717, 1.165) is 10.8 Å². The molecule has 2 aromatic rings. The summed E-state index contributed by atoms with van der Waals surface area (Å²) in [6, 6.07) is 7.12. The second kappa shape index (κ2) is 6.63. The summed E-state index contributed by atoms with van der Waals surface area (Å²) in [5, 5.41) is 4.34. The van der Waals surface area contributed by atoms with Crippen LogP contribution in [-0.2, 0) is 11.8 Å². The topological polar surface area (TPSA) is 46.9 Å². The lowest BCUT2D eigenvalue weighted by Crippen LogP contribution is -2.12. The molecule has 0 saturated carbocycles. The number of nitrogens with zero attached hydrogens (tertiary/aromatic N) is 2. The van der Waals surface area contributed by atoms with Gasteiger partial charge in [-0.1, -0.05) is 29.4 Å². The zero-order valence-electron chi connectivity index (χ0n) is 10.5. The van der Waals surface area contributed by atoms with Crippen molar-refractivity contribution in [3.63, 3.8) is 0 Å². The third-order valence-electron chi connectivity index (χ3n) is 2.45. The molecular weight excluding hydrogens is 282 g/mol. The van der Waals surface area contributed by atoms with Crippen molar-refractivity contribution in [3.8, 4) is 0 Å². The van der Waals surface area contributed by atoms with E-state index >= 15 is 0 Å². The van der Waals surface area contributed by atoms with Crippen LogP contribution >= 0.6 is 23.4 Å². The largest absolute Gasteiger partial charge is 0.329 e. The lowest BCUT2D eigenvalue weighted by molar-refractivity contribution is -0.115. The van der Waals surface area contributed by atoms with Crippen molar-refractivity contribution in [2.24, 2.45) is 7.05 Å². The Morgan fingerprint density at radius 1 is 1.53 bits per heavy atom. The molecular formula is C13H14ClN3OS. The van der Waals surface area contributed by atoms with Gasteiger partial charge in [0, 0.05) is 42.3 Å². The zero-order chi connectivity index (χ0) is 13.7. The van der Waals surface area contributed by atoms with Crippen LogP contribution in [-0.4, -0.2) is 21.2 Å². The maximum atomic E-state index is 11.7. The Bertz CT molecular complexity index is 571. The molecule has 0 aliphatic heterocycles. The van der Waals surface area contributed by atoms with Crippen molar-refractivity contribution in [3.05, 3.63) is 41.7 Å². The van der Waals surface area contributed by atoms with Crippen molar-refractivity contribution in [1.82, 2.24) is 9.55 Å². The first kappa shape index (κ1) is 14.0. The summed E-state index contributed by atoms with van der Waals surface area (Å²) in [5.41, 5.74) is 0.722. The van der Waals surface area contributed by atoms with Gasteiger partial charge in [0.2, 0.25) is 5.91 Å². The number of hydrogen-bond donors (Lipinski definition) is 1. The minimum atomic E-state index is -0.0241. The zero-order valence-corrected chi connectivity index (χ0v) is 12.0. The third-order valence-corrected chi connectivity index (χ3v) is 3.74. The number of nitrogens with one attached hydrogen (secondary N) is 1. The summed E-state index contributed by atoms with van der Waals surface area (Å²) in [7, 11) is 1.93. The van der Waals surface area contributed by atoms with E-state index in [2.05, 4.69) is 10.3 Å². The molecule has 0 fully saturated rings. The van der Waals surface area contributed by atoms with Crippen LogP contribution in [0.4, 0.5) is 5.69 Å². The average Bonchev–Trinajstić information content (AvgIpc) is 2.75. The van der Waals surface area contributed by atoms with Gasteiger partial charge in [0.05, 0.1) is 0 Å². The Morgan fingerprint density at radius 2 is 2.37 bits per heavy atom. The Hall–Kier alpha value is -1.46. The number of thioether (sulfide) groups is 1. The molecule has 19 heavy (non-hydrogen) atoms. The van der Waals surface area contributed by atoms with Gasteiger partial charge in [-0.05, 0) is 18.2 Å². The Balaban J connectivity index is 1.77. The highest BCUT2D eigenvalue weighted by molar-refractivity contribution is 7.99. The number of imidazole rings is 1. The molecule has 1 aromatic heterocycles. The normalized spacial score (nSPS) is 10.4. The standard InChI is InChI=1S/C13H14ClN3OS/c1-17-7-6-15-13(17)19-8-5-12(18)16-11-4-2-3-10(14)9-11/h2-4,6-7,9H,5,8H2,1H3,(H,16,18). The fraction of sp³-hybridized carbons (Fsp3) is 0.231. The minimum absolute atomic E-state index is 0.0241. The summed E-state index contributed by atoms with van der Waals surface area (Å²) in [5.74, 6) is 0.668. The molecule has 0 radical (unpaired) electrons. The van der Waals surface area contributed by atoms with E-state index in [9.17, 15) is 4.79 Å². The highest BCUT2D eigenvalue weighted by Gasteiger charge is 2.05. The first-order valence-corrected chi connectivity index (χ1v) is 7.17. The molecule has 0 unspecified atom stereocenters. The summed E-state index contributed by atoms with van der Waals surface area (Å²) < 4.78 is 1.93. The fourth-order valence-electron chi connectivity index (χ4n) is 1.52. The molecule has 6 heteroatoms. The van der Waals surface area contributed by atoms with E-state index in [4.69, 9.17) is 11.6 Å². The van der Waals surface area contributed by atoms with E-state index in [1.165, 1.54) is 0 Å². The van der Waals surface area contributed by atoms with Crippen molar-refractivity contribution in [2.75, 3.05) is 11.1 Å². The molecule has 0 aliphatic carbocycles. The third kappa shape index (κ3) is 4.29. The predicted octanol–water partition coefficient (Wildman–Crippen LogP) is 3.19. The van der Waals surface area contributed by atoms with Gasteiger partial charge in [-0.25, -0.2) is 4.98 Å². The van der Waals surface area contributed by atoms with Gasteiger partial charge in [0.25, 0.3) is 0 Å². The molecule has 0 atom stereocenters. The highest BCUT2D eigenvalue weighted by Crippen LogP contribution is 2.17. The molecule has 0 bridgehead atoms. The highest BCUT2D eigenvalue weighted by atomic mass is 35.5. The number of hydrogen-bond acceptors (Lipinski definition) is 3. The van der Waals surface area contributed by atoms with Gasteiger partial charge in [0.15, 0.2) is 5.16 Å². The fourth-order valence-corrected chi connectivity index (χ4v) is 2.58. The van der Waals surface area contributed by atoms with Crippen LogP contribution in [0.25, 0.3) is 0 Å². The number of aryl methyl sites for hydroxylation is 1.